The molecule has 0 bridgehead atoms. The summed E-state index contributed by atoms with van der Waals surface area (Å²) in [6.45, 7) is 0.672. The molecule has 0 aromatic heterocycles. The quantitative estimate of drug-likeness (QED) is 0.473. The van der Waals surface area contributed by atoms with Gasteiger partial charge in [0.1, 0.15) is 0 Å². The predicted octanol–water partition coefficient (Wildman–Crippen LogP) is 2.34. The molecular weight excluding hydrogens is 171 g/mol. The Morgan fingerprint density at radius 1 is 1.27 bits per heavy atom. The van der Waals surface area contributed by atoms with Gasteiger partial charge in [0, 0.05) is 0 Å². The first-order chi connectivity index (χ1) is 4.87. The van der Waals surface area contributed by atoms with Crippen LogP contribution in [0.2, 0.25) is 0 Å². The molecule has 0 aromatic carbocycles. The second-order valence-electron chi connectivity index (χ2n) is 1.60. The van der Waals surface area contributed by atoms with E-state index in [0.717, 1.165) is 0 Å². The molecule has 66 valence electrons. The fourth-order valence-electron chi connectivity index (χ4n) is 0.336. The molecule has 0 aliphatic heterocycles. The van der Waals surface area contributed by atoms with Gasteiger partial charge in [-0.1, -0.05) is 6.58 Å². The van der Waals surface area contributed by atoms with Crippen LogP contribution in [-0.4, -0.2) is 18.9 Å². The lowest BCUT2D eigenvalue weighted by molar-refractivity contribution is -0.317. The minimum Gasteiger partial charge on any atom is -0.304 e. The Kier molecular flexibility index (Phi) is 2.98. The molecule has 1 nitrogen and oxygen atoms in total. The van der Waals surface area contributed by atoms with Crippen molar-refractivity contribution in [2.45, 2.75) is 12.0 Å². The molecule has 1 atom stereocenters. The Hall–Kier alpha value is -0.650. The van der Waals surface area contributed by atoms with E-state index < -0.39 is 18.9 Å². The Morgan fingerprint density at radius 3 is 1.82 bits per heavy atom. The maximum absolute atomic E-state index is 12.3. The molecule has 1 unspecified atom stereocenters. The Balaban J connectivity index is 4.46. The SMILES string of the molecule is C=CC(F)(OCF)C(F)(F)F. The number of hydrogen-bond acceptors (Lipinski definition) is 1. The minimum absolute atomic E-state index is 0.146. The molecule has 0 radical (unpaired) electrons. The van der Waals surface area contributed by atoms with Crippen LogP contribution in [-0.2, 0) is 4.74 Å². The van der Waals surface area contributed by atoms with Crippen molar-refractivity contribution in [2.24, 2.45) is 0 Å². The van der Waals surface area contributed by atoms with Gasteiger partial charge in [0.05, 0.1) is 0 Å². The highest BCUT2D eigenvalue weighted by Gasteiger charge is 2.55. The lowest BCUT2D eigenvalue weighted by atomic mass is 10.3. The highest BCUT2D eigenvalue weighted by molar-refractivity contribution is 4.94. The van der Waals surface area contributed by atoms with Crippen LogP contribution in [0.1, 0.15) is 0 Å². The lowest BCUT2D eigenvalue weighted by Crippen LogP contribution is -2.41. The van der Waals surface area contributed by atoms with Crippen molar-refractivity contribution < 1.29 is 26.7 Å². The van der Waals surface area contributed by atoms with Crippen molar-refractivity contribution in [1.82, 2.24) is 0 Å². The molecule has 11 heavy (non-hydrogen) atoms. The molecule has 0 saturated carbocycles. The zero-order valence-electron chi connectivity index (χ0n) is 5.29. The molecule has 0 aromatic rings. The van der Waals surface area contributed by atoms with Crippen molar-refractivity contribution >= 4 is 0 Å². The van der Waals surface area contributed by atoms with Crippen LogP contribution < -0.4 is 0 Å². The third kappa shape index (κ3) is 2.14. The van der Waals surface area contributed by atoms with E-state index in [1.165, 1.54) is 0 Å². The monoisotopic (exact) mass is 176 g/mol. The molecule has 0 saturated heterocycles. The average molecular weight is 176 g/mol. The summed E-state index contributed by atoms with van der Waals surface area (Å²) < 4.78 is 61.3. The maximum atomic E-state index is 12.3. The molecule has 0 amide bonds. The molecule has 0 fully saturated rings. The van der Waals surface area contributed by atoms with Crippen LogP contribution in [0, 0.1) is 0 Å². The summed E-state index contributed by atoms with van der Waals surface area (Å²) in [4.78, 5) is 0. The summed E-state index contributed by atoms with van der Waals surface area (Å²) in [6.07, 6.45) is -5.44. The maximum Gasteiger partial charge on any atom is 0.452 e. The number of ether oxygens (including phenoxy) is 1. The number of hydrogen-bond donors (Lipinski definition) is 0. The van der Waals surface area contributed by atoms with Crippen LogP contribution >= 0.6 is 0 Å². The highest BCUT2D eigenvalue weighted by Crippen LogP contribution is 2.35. The van der Waals surface area contributed by atoms with Gasteiger partial charge >= 0.3 is 12.0 Å². The third-order valence-corrected chi connectivity index (χ3v) is 0.914. The third-order valence-electron chi connectivity index (χ3n) is 0.914. The van der Waals surface area contributed by atoms with Gasteiger partial charge in [-0.15, -0.1) is 0 Å². The van der Waals surface area contributed by atoms with Crippen LogP contribution in [0.5, 0.6) is 0 Å². The van der Waals surface area contributed by atoms with Crippen molar-refractivity contribution in [3.05, 3.63) is 12.7 Å². The summed E-state index contributed by atoms with van der Waals surface area (Å²) >= 11 is 0. The summed E-state index contributed by atoms with van der Waals surface area (Å²) in [6, 6.07) is 0. The molecule has 0 rings (SSSR count). The fraction of sp³-hybridized carbons (Fsp3) is 0.600. The Morgan fingerprint density at radius 2 is 1.73 bits per heavy atom. The summed E-state index contributed by atoms with van der Waals surface area (Å²) in [5.41, 5.74) is 0. The molecule has 0 aliphatic carbocycles. The smallest absolute Gasteiger partial charge is 0.304 e. The molecule has 0 N–H and O–H groups in total. The van der Waals surface area contributed by atoms with Gasteiger partial charge in [0.15, 0.2) is 6.86 Å². The van der Waals surface area contributed by atoms with Crippen LogP contribution in [0.3, 0.4) is 0 Å². The van der Waals surface area contributed by atoms with Crippen molar-refractivity contribution in [2.75, 3.05) is 6.86 Å². The average Bonchev–Trinajstić information content (AvgIpc) is 1.86. The van der Waals surface area contributed by atoms with Gasteiger partial charge in [-0.05, 0) is 6.08 Å². The van der Waals surface area contributed by atoms with Gasteiger partial charge in [0.2, 0.25) is 0 Å². The zero-order chi connectivity index (χ0) is 9.12. The molecular formula is C5H5F5O. The summed E-state index contributed by atoms with van der Waals surface area (Å²) in [5.74, 6) is -4.08. The predicted molar refractivity (Wildman–Crippen MR) is 27.2 cm³/mol. The van der Waals surface area contributed by atoms with Crippen molar-refractivity contribution in [1.29, 1.82) is 0 Å². The Bertz CT molecular complexity index is 142. The summed E-state index contributed by atoms with van der Waals surface area (Å²) in [5, 5.41) is 0. The van der Waals surface area contributed by atoms with E-state index in [1.54, 1.807) is 0 Å². The second-order valence-corrected chi connectivity index (χ2v) is 1.60. The standard InChI is InChI=1S/C5H5F5O/c1-2-4(7,11-3-6)5(8,9)10/h2H,1,3H2. The van der Waals surface area contributed by atoms with E-state index in [0.29, 0.717) is 0 Å². The van der Waals surface area contributed by atoms with E-state index in [4.69, 9.17) is 0 Å². The molecule has 6 heteroatoms. The van der Waals surface area contributed by atoms with Gasteiger partial charge in [-0.25, -0.2) is 4.39 Å². The molecule has 0 aliphatic rings. The van der Waals surface area contributed by atoms with Crippen LogP contribution in [0.25, 0.3) is 0 Å². The van der Waals surface area contributed by atoms with Gasteiger partial charge in [-0.2, -0.15) is 17.6 Å². The second kappa shape index (κ2) is 3.17. The van der Waals surface area contributed by atoms with E-state index in [9.17, 15) is 22.0 Å². The topological polar surface area (TPSA) is 9.23 Å². The van der Waals surface area contributed by atoms with Gasteiger partial charge in [-0.3, -0.25) is 0 Å². The lowest BCUT2D eigenvalue weighted by Gasteiger charge is -2.22. The fourth-order valence-corrected chi connectivity index (χ4v) is 0.336. The highest BCUT2D eigenvalue weighted by atomic mass is 19.4. The largest absolute Gasteiger partial charge is 0.452 e. The summed E-state index contributed by atoms with van der Waals surface area (Å²) in [7, 11) is 0. The van der Waals surface area contributed by atoms with E-state index in [1.807, 2.05) is 0 Å². The van der Waals surface area contributed by atoms with E-state index in [-0.39, 0.29) is 6.08 Å². The molecule has 0 spiro atoms. The minimum atomic E-state index is -5.29. The van der Waals surface area contributed by atoms with E-state index >= 15 is 0 Å². The normalized spacial score (nSPS) is 17.5. The Labute approximate surface area is 59.5 Å². The zero-order valence-corrected chi connectivity index (χ0v) is 5.29. The first-order valence-electron chi connectivity index (χ1n) is 2.46. The van der Waals surface area contributed by atoms with Gasteiger partial charge in [0.25, 0.3) is 0 Å². The first kappa shape index (κ1) is 10.3. The number of rotatable bonds is 3. The molecule has 0 heterocycles. The van der Waals surface area contributed by atoms with Gasteiger partial charge < -0.3 is 4.74 Å². The van der Waals surface area contributed by atoms with E-state index in [2.05, 4.69) is 11.3 Å². The van der Waals surface area contributed by atoms with Crippen molar-refractivity contribution in [3.63, 3.8) is 0 Å². The first-order valence-corrected chi connectivity index (χ1v) is 2.46. The van der Waals surface area contributed by atoms with Crippen LogP contribution in [0.4, 0.5) is 22.0 Å². The number of alkyl halides is 5. The number of halogens is 5. The van der Waals surface area contributed by atoms with Crippen LogP contribution in [0.15, 0.2) is 12.7 Å². The van der Waals surface area contributed by atoms with Crippen molar-refractivity contribution in [3.8, 4) is 0 Å².